The Balaban J connectivity index is 1.87. The number of hydrogen-bond donors (Lipinski definition) is 0. The van der Waals surface area contributed by atoms with Gasteiger partial charge in [-0.3, -0.25) is 0 Å². The quantitative estimate of drug-likeness (QED) is 0.541. The maximum absolute atomic E-state index is 14.2. The Kier molecular flexibility index (Phi) is 5.95. The third-order valence-electron chi connectivity index (χ3n) is 4.92. The van der Waals surface area contributed by atoms with Crippen molar-refractivity contribution in [1.29, 1.82) is 0 Å². The lowest BCUT2D eigenvalue weighted by molar-refractivity contribution is -0.168. The number of methoxy groups -OCH3 is 2. The van der Waals surface area contributed by atoms with E-state index in [-0.39, 0.29) is 6.61 Å². The Morgan fingerprint density at radius 2 is 1.75 bits per heavy atom. The molecule has 0 saturated carbocycles. The highest BCUT2D eigenvalue weighted by molar-refractivity contribution is 5.83. The minimum Gasteiger partial charge on any atom is -0.489 e. The summed E-state index contributed by atoms with van der Waals surface area (Å²) in [5.41, 5.74) is -0.0541. The van der Waals surface area contributed by atoms with E-state index in [1.54, 1.807) is 13.0 Å². The number of halogens is 1. The minimum absolute atomic E-state index is 0.276. The van der Waals surface area contributed by atoms with Gasteiger partial charge in [0.25, 0.3) is 0 Å². The van der Waals surface area contributed by atoms with Crippen molar-refractivity contribution in [1.82, 2.24) is 0 Å². The molecule has 0 unspecified atom stereocenters. The van der Waals surface area contributed by atoms with Crippen LogP contribution in [-0.2, 0) is 26.5 Å². The van der Waals surface area contributed by atoms with Gasteiger partial charge in [0.15, 0.2) is 5.60 Å². The molecule has 146 valence electrons. The van der Waals surface area contributed by atoms with Crippen LogP contribution in [0.3, 0.4) is 0 Å². The summed E-state index contributed by atoms with van der Waals surface area (Å²) in [4.78, 5) is 12.3. The molecule has 0 heterocycles. The lowest BCUT2D eigenvalue weighted by atomic mass is 9.90. The van der Waals surface area contributed by atoms with Crippen LogP contribution in [0, 0.1) is 5.82 Å². The lowest BCUT2D eigenvalue weighted by Gasteiger charge is -2.29. The van der Waals surface area contributed by atoms with Crippen molar-refractivity contribution in [2.75, 3.05) is 14.2 Å². The van der Waals surface area contributed by atoms with Crippen LogP contribution in [0.4, 0.5) is 4.39 Å². The van der Waals surface area contributed by atoms with Gasteiger partial charge in [-0.25, -0.2) is 9.18 Å². The van der Waals surface area contributed by atoms with E-state index in [2.05, 4.69) is 0 Å². The molecule has 0 fully saturated rings. The van der Waals surface area contributed by atoms with E-state index in [1.807, 2.05) is 42.5 Å². The molecular formula is C23H23FO4. The fourth-order valence-electron chi connectivity index (χ4n) is 3.35. The van der Waals surface area contributed by atoms with Gasteiger partial charge in [-0.2, -0.15) is 0 Å². The smallest absolute Gasteiger partial charge is 0.342 e. The number of ether oxygens (including phenoxy) is 3. The molecule has 3 rings (SSSR count). The monoisotopic (exact) mass is 382 g/mol. The van der Waals surface area contributed by atoms with E-state index in [0.29, 0.717) is 17.7 Å². The average molecular weight is 382 g/mol. The van der Waals surface area contributed by atoms with Crippen LogP contribution >= 0.6 is 0 Å². The number of fused-ring (bicyclic) bond motifs is 1. The van der Waals surface area contributed by atoms with Gasteiger partial charge >= 0.3 is 5.97 Å². The van der Waals surface area contributed by atoms with E-state index >= 15 is 0 Å². The first-order chi connectivity index (χ1) is 13.5. The zero-order valence-corrected chi connectivity index (χ0v) is 16.2. The molecule has 4 nitrogen and oxygen atoms in total. The molecule has 0 N–H and O–H groups in total. The fraction of sp³-hybridized carbons (Fsp3) is 0.261. The number of hydrogen-bond acceptors (Lipinski definition) is 4. The van der Waals surface area contributed by atoms with Gasteiger partial charge in [0.2, 0.25) is 0 Å². The first kappa shape index (κ1) is 19.8. The van der Waals surface area contributed by atoms with Crippen molar-refractivity contribution in [2.24, 2.45) is 0 Å². The standard InChI is InChI=1S/C23H23FO4/c1-4-23(27-3,22(25)26-2)19-12-20(24)14-21(13-19)28-15-16-9-10-17-7-5-6-8-18(17)11-16/h5-14H,4,15H2,1-3H3/t23-/m0/s1. The third-order valence-corrected chi connectivity index (χ3v) is 4.92. The maximum atomic E-state index is 14.2. The molecular weight excluding hydrogens is 359 g/mol. The Morgan fingerprint density at radius 1 is 1.00 bits per heavy atom. The molecule has 0 aromatic heterocycles. The molecule has 0 aliphatic heterocycles. The molecule has 0 aliphatic carbocycles. The molecule has 0 radical (unpaired) electrons. The van der Waals surface area contributed by atoms with E-state index in [0.717, 1.165) is 16.3 Å². The SMILES string of the molecule is CC[C@@](OC)(C(=O)OC)c1cc(F)cc(OCc2ccc3ccccc3c2)c1. The van der Waals surface area contributed by atoms with Crippen LogP contribution in [0.25, 0.3) is 10.8 Å². The van der Waals surface area contributed by atoms with Crippen molar-refractivity contribution in [3.05, 3.63) is 77.6 Å². The summed E-state index contributed by atoms with van der Waals surface area (Å²) < 4.78 is 30.4. The van der Waals surface area contributed by atoms with Gasteiger partial charge < -0.3 is 14.2 Å². The number of carbonyl (C=O) groups excluding carboxylic acids is 1. The van der Waals surface area contributed by atoms with Gasteiger partial charge in [0, 0.05) is 18.7 Å². The second kappa shape index (κ2) is 8.40. The molecule has 5 heteroatoms. The highest BCUT2D eigenvalue weighted by atomic mass is 19.1. The normalized spacial score (nSPS) is 13.1. The Bertz CT molecular complexity index is 979. The van der Waals surface area contributed by atoms with E-state index in [9.17, 15) is 9.18 Å². The second-order valence-corrected chi connectivity index (χ2v) is 6.52. The number of carbonyl (C=O) groups is 1. The molecule has 3 aromatic rings. The average Bonchev–Trinajstić information content (AvgIpc) is 2.73. The minimum atomic E-state index is -1.38. The Morgan fingerprint density at radius 3 is 2.43 bits per heavy atom. The van der Waals surface area contributed by atoms with Gasteiger partial charge in [-0.05, 0) is 41.0 Å². The highest BCUT2D eigenvalue weighted by Gasteiger charge is 2.40. The molecule has 0 saturated heterocycles. The lowest BCUT2D eigenvalue weighted by Crippen LogP contribution is -2.38. The van der Waals surface area contributed by atoms with E-state index < -0.39 is 17.4 Å². The molecule has 28 heavy (non-hydrogen) atoms. The number of rotatable bonds is 7. The molecule has 0 bridgehead atoms. The summed E-state index contributed by atoms with van der Waals surface area (Å²) in [6.45, 7) is 2.05. The van der Waals surface area contributed by atoms with Crippen molar-refractivity contribution in [3.63, 3.8) is 0 Å². The van der Waals surface area contributed by atoms with Crippen LogP contribution in [0.2, 0.25) is 0 Å². The molecule has 0 amide bonds. The van der Waals surface area contributed by atoms with Crippen LogP contribution in [0.15, 0.2) is 60.7 Å². The zero-order valence-electron chi connectivity index (χ0n) is 16.2. The number of esters is 1. The Labute approximate surface area is 163 Å². The van der Waals surface area contributed by atoms with Crippen LogP contribution in [0.5, 0.6) is 5.75 Å². The fourth-order valence-corrected chi connectivity index (χ4v) is 3.35. The second-order valence-electron chi connectivity index (χ2n) is 6.52. The summed E-state index contributed by atoms with van der Waals surface area (Å²) in [5, 5.41) is 2.25. The van der Waals surface area contributed by atoms with Crippen LogP contribution < -0.4 is 4.74 Å². The van der Waals surface area contributed by atoms with Crippen molar-refractivity contribution in [3.8, 4) is 5.75 Å². The predicted octanol–water partition coefficient (Wildman–Crippen LogP) is 4.98. The first-order valence-corrected chi connectivity index (χ1v) is 9.07. The highest BCUT2D eigenvalue weighted by Crippen LogP contribution is 2.33. The summed E-state index contributed by atoms with van der Waals surface area (Å²) in [5.74, 6) is -0.768. The van der Waals surface area contributed by atoms with Gasteiger partial charge in [0.1, 0.15) is 18.2 Å². The van der Waals surface area contributed by atoms with Gasteiger partial charge in [-0.15, -0.1) is 0 Å². The predicted molar refractivity (Wildman–Crippen MR) is 106 cm³/mol. The Hall–Kier alpha value is -2.92. The van der Waals surface area contributed by atoms with E-state index in [4.69, 9.17) is 14.2 Å². The third kappa shape index (κ3) is 3.85. The molecule has 0 aliphatic rings. The summed E-state index contributed by atoms with van der Waals surface area (Å²) >= 11 is 0. The van der Waals surface area contributed by atoms with Crippen molar-refractivity contribution < 1.29 is 23.4 Å². The summed E-state index contributed by atoms with van der Waals surface area (Å²) in [7, 11) is 2.68. The molecule has 1 atom stereocenters. The van der Waals surface area contributed by atoms with E-state index in [1.165, 1.54) is 26.4 Å². The van der Waals surface area contributed by atoms with Crippen molar-refractivity contribution >= 4 is 16.7 Å². The largest absolute Gasteiger partial charge is 0.489 e. The van der Waals surface area contributed by atoms with Crippen molar-refractivity contribution in [2.45, 2.75) is 25.6 Å². The first-order valence-electron chi connectivity index (χ1n) is 9.07. The zero-order chi connectivity index (χ0) is 20.1. The maximum Gasteiger partial charge on any atom is 0.342 e. The van der Waals surface area contributed by atoms with Gasteiger partial charge in [-0.1, -0.05) is 43.3 Å². The van der Waals surface area contributed by atoms with Crippen LogP contribution in [-0.4, -0.2) is 20.2 Å². The molecule has 3 aromatic carbocycles. The molecule has 0 spiro atoms. The summed E-state index contributed by atoms with van der Waals surface area (Å²) in [6.07, 6.45) is 0.295. The van der Waals surface area contributed by atoms with Crippen LogP contribution in [0.1, 0.15) is 24.5 Å². The number of benzene rings is 3. The van der Waals surface area contributed by atoms with Gasteiger partial charge in [0.05, 0.1) is 7.11 Å². The topological polar surface area (TPSA) is 44.8 Å². The summed E-state index contributed by atoms with van der Waals surface area (Å²) in [6, 6.07) is 18.3.